The third-order valence-corrected chi connectivity index (χ3v) is 9.36. The molecule has 3 heterocycles. The Morgan fingerprint density at radius 2 is 1.77 bits per heavy atom. The molecular formula is C14H23N4O13P3S. The Balaban J connectivity index is 1.69. The highest BCUT2D eigenvalue weighted by Crippen LogP contribution is 2.66. The van der Waals surface area contributed by atoms with Gasteiger partial charge in [-0.1, -0.05) is 13.3 Å². The topological polar surface area (TPSA) is 253 Å². The summed E-state index contributed by atoms with van der Waals surface area (Å²) in [7, 11) is -16.7. The quantitative estimate of drug-likeness (QED) is 0.0873. The van der Waals surface area contributed by atoms with Crippen molar-refractivity contribution >= 4 is 46.4 Å². The summed E-state index contributed by atoms with van der Waals surface area (Å²) in [4.78, 5) is 48.5. The van der Waals surface area contributed by atoms with Crippen LogP contribution in [0.5, 0.6) is 0 Å². The number of unbranched alkanes of at least 4 members (excludes halogenated alkanes) is 1. The molecule has 21 heteroatoms. The molecule has 0 spiro atoms. The molecule has 17 nitrogen and oxygen atoms in total. The zero-order valence-corrected chi connectivity index (χ0v) is 21.4. The SMILES string of the molecule is CCCCSc1ncnc2c1ncn2C1O[C@H](COP(=O)(O)OP(=O)(O)OP(=O)(O)O)[C@@H](O)[C@H]1O. The van der Waals surface area contributed by atoms with Crippen LogP contribution in [0.15, 0.2) is 17.7 Å². The highest BCUT2D eigenvalue weighted by atomic mass is 32.2. The summed E-state index contributed by atoms with van der Waals surface area (Å²) in [6.45, 7) is 1.12. The van der Waals surface area contributed by atoms with Gasteiger partial charge in [-0.05, 0) is 12.2 Å². The molecule has 35 heavy (non-hydrogen) atoms. The van der Waals surface area contributed by atoms with Crippen LogP contribution < -0.4 is 0 Å². The summed E-state index contributed by atoms with van der Waals surface area (Å²) in [5.74, 6) is 0.805. The molecule has 1 fully saturated rings. The summed E-state index contributed by atoms with van der Waals surface area (Å²) < 4.78 is 52.6. The van der Waals surface area contributed by atoms with E-state index in [0.29, 0.717) is 16.2 Å². The van der Waals surface area contributed by atoms with Gasteiger partial charge >= 0.3 is 23.5 Å². The lowest BCUT2D eigenvalue weighted by atomic mass is 10.1. The first-order chi connectivity index (χ1) is 16.2. The summed E-state index contributed by atoms with van der Waals surface area (Å²) >= 11 is 1.48. The number of aromatic nitrogens is 4. The van der Waals surface area contributed by atoms with E-state index >= 15 is 0 Å². The van der Waals surface area contributed by atoms with E-state index in [-0.39, 0.29) is 0 Å². The molecule has 3 rings (SSSR count). The Kier molecular flexibility index (Phi) is 9.28. The van der Waals surface area contributed by atoms with E-state index in [1.54, 1.807) is 0 Å². The first-order valence-corrected chi connectivity index (χ1v) is 15.3. The molecule has 0 aromatic carbocycles. The van der Waals surface area contributed by atoms with E-state index in [0.717, 1.165) is 18.6 Å². The van der Waals surface area contributed by atoms with Crippen molar-refractivity contribution in [1.82, 2.24) is 19.5 Å². The van der Waals surface area contributed by atoms with Crippen LogP contribution in [-0.2, 0) is 31.6 Å². The Hall–Kier alpha value is -0.810. The molecule has 0 amide bonds. The minimum Gasteiger partial charge on any atom is -0.387 e. The number of thioether (sulfide) groups is 1. The normalized spacial score (nSPS) is 26.6. The van der Waals surface area contributed by atoms with Crippen molar-refractivity contribution in [3.63, 3.8) is 0 Å². The molecule has 3 unspecified atom stereocenters. The smallest absolute Gasteiger partial charge is 0.387 e. The Labute approximate surface area is 201 Å². The molecule has 0 saturated carbocycles. The third kappa shape index (κ3) is 7.60. The molecular weight excluding hydrogens is 557 g/mol. The zero-order valence-electron chi connectivity index (χ0n) is 17.9. The number of rotatable bonds is 12. The second kappa shape index (κ2) is 11.3. The van der Waals surface area contributed by atoms with E-state index in [9.17, 15) is 33.7 Å². The largest absolute Gasteiger partial charge is 0.490 e. The van der Waals surface area contributed by atoms with Crippen LogP contribution in [0.25, 0.3) is 11.2 Å². The van der Waals surface area contributed by atoms with Crippen molar-refractivity contribution in [3.05, 3.63) is 12.7 Å². The second-order valence-corrected chi connectivity index (χ2v) is 12.6. The van der Waals surface area contributed by atoms with Crippen molar-refractivity contribution in [2.24, 2.45) is 0 Å². The third-order valence-electron chi connectivity index (χ3n) is 4.49. The van der Waals surface area contributed by atoms with Gasteiger partial charge in [0.05, 0.1) is 12.9 Å². The van der Waals surface area contributed by atoms with Gasteiger partial charge in [0.15, 0.2) is 11.9 Å². The van der Waals surface area contributed by atoms with Gasteiger partial charge in [-0.2, -0.15) is 8.62 Å². The maximum atomic E-state index is 11.9. The molecule has 1 saturated heterocycles. The summed E-state index contributed by atoms with van der Waals surface area (Å²) in [5.41, 5.74) is 0.736. The minimum absolute atomic E-state index is 0.295. The fraction of sp³-hybridized carbons (Fsp3) is 0.643. The van der Waals surface area contributed by atoms with Gasteiger partial charge < -0.3 is 34.5 Å². The molecule has 2 aromatic rings. The maximum absolute atomic E-state index is 11.9. The number of ether oxygens (including phenoxy) is 1. The molecule has 6 N–H and O–H groups in total. The number of imidazole rings is 1. The van der Waals surface area contributed by atoms with E-state index < -0.39 is 54.6 Å². The molecule has 198 valence electrons. The van der Waals surface area contributed by atoms with Crippen LogP contribution in [0.2, 0.25) is 0 Å². The molecule has 0 bridgehead atoms. The van der Waals surface area contributed by atoms with Gasteiger partial charge in [0.2, 0.25) is 0 Å². The van der Waals surface area contributed by atoms with Crippen LogP contribution >= 0.6 is 35.2 Å². The highest BCUT2D eigenvalue weighted by molar-refractivity contribution is 7.99. The van der Waals surface area contributed by atoms with Crippen LogP contribution in [0, 0.1) is 0 Å². The van der Waals surface area contributed by atoms with E-state index in [4.69, 9.17) is 14.5 Å². The Bertz CT molecular complexity index is 1180. The van der Waals surface area contributed by atoms with Gasteiger partial charge in [-0.15, -0.1) is 11.8 Å². The summed E-state index contributed by atoms with van der Waals surface area (Å²) in [6, 6.07) is 0. The maximum Gasteiger partial charge on any atom is 0.490 e. The molecule has 0 aliphatic carbocycles. The van der Waals surface area contributed by atoms with Crippen LogP contribution in [0.3, 0.4) is 0 Å². The lowest BCUT2D eigenvalue weighted by Crippen LogP contribution is -2.33. The van der Waals surface area contributed by atoms with Crippen molar-refractivity contribution in [2.75, 3.05) is 12.4 Å². The van der Waals surface area contributed by atoms with Crippen molar-refractivity contribution < 1.29 is 61.4 Å². The van der Waals surface area contributed by atoms with E-state index in [2.05, 4.69) is 35.0 Å². The molecule has 6 atom stereocenters. The second-order valence-electron chi connectivity index (χ2n) is 7.14. The highest BCUT2D eigenvalue weighted by Gasteiger charge is 2.47. The van der Waals surface area contributed by atoms with Gasteiger partial charge in [0.25, 0.3) is 0 Å². The number of aliphatic hydroxyl groups excluding tert-OH is 2. The van der Waals surface area contributed by atoms with E-state index in [1.807, 2.05) is 0 Å². The van der Waals surface area contributed by atoms with Crippen LogP contribution in [0.4, 0.5) is 0 Å². The fourth-order valence-corrected chi connectivity index (χ4v) is 7.06. The Morgan fingerprint density at radius 1 is 1.06 bits per heavy atom. The molecule has 0 radical (unpaired) electrons. The lowest BCUT2D eigenvalue weighted by Gasteiger charge is -2.19. The summed E-state index contributed by atoms with van der Waals surface area (Å²) in [5, 5.41) is 21.4. The zero-order chi connectivity index (χ0) is 26.0. The van der Waals surface area contributed by atoms with Gasteiger partial charge in [0, 0.05) is 0 Å². The molecule has 1 aliphatic rings. The first-order valence-electron chi connectivity index (χ1n) is 9.83. The number of hydrogen-bond donors (Lipinski definition) is 6. The predicted octanol–water partition coefficient (Wildman–Crippen LogP) is 0.681. The average Bonchev–Trinajstić information content (AvgIpc) is 3.26. The lowest BCUT2D eigenvalue weighted by molar-refractivity contribution is -0.0503. The number of nitrogens with zero attached hydrogens (tertiary/aromatic N) is 4. The minimum atomic E-state index is -5.70. The summed E-state index contributed by atoms with van der Waals surface area (Å²) in [6.07, 6.45) is -1.31. The van der Waals surface area contributed by atoms with Crippen molar-refractivity contribution in [1.29, 1.82) is 0 Å². The van der Waals surface area contributed by atoms with Gasteiger partial charge in [-0.3, -0.25) is 9.09 Å². The molecule has 2 aromatic heterocycles. The number of fused-ring (bicyclic) bond motifs is 1. The number of aliphatic hydroxyl groups is 2. The average molecular weight is 580 g/mol. The van der Waals surface area contributed by atoms with Crippen molar-refractivity contribution in [2.45, 2.75) is 49.3 Å². The van der Waals surface area contributed by atoms with Crippen molar-refractivity contribution in [3.8, 4) is 0 Å². The first kappa shape index (κ1) is 28.8. The van der Waals surface area contributed by atoms with Gasteiger partial charge in [0.1, 0.15) is 35.2 Å². The fourth-order valence-electron chi connectivity index (χ4n) is 3.00. The standard InChI is InChI=1S/C14H23N4O13P3S/c1-2-3-4-35-13-9-12(15-6-16-13)18(7-17-9)14-11(20)10(19)8(29-14)5-28-33(24,25)31-34(26,27)30-32(21,22)23/h6-8,10-11,14,19-20H,2-5H2,1H3,(H,24,25)(H,26,27)(H2,21,22,23)/t8-,10-,11-,14?/m1/s1. The number of phosphoric acid groups is 3. The van der Waals surface area contributed by atoms with Crippen LogP contribution in [-0.4, -0.2) is 80.0 Å². The van der Waals surface area contributed by atoms with E-state index in [1.165, 1.54) is 29.0 Å². The monoisotopic (exact) mass is 580 g/mol. The van der Waals surface area contributed by atoms with Crippen LogP contribution in [0.1, 0.15) is 26.0 Å². The number of hydrogen-bond acceptors (Lipinski definition) is 13. The Morgan fingerprint density at radius 3 is 2.43 bits per heavy atom. The van der Waals surface area contributed by atoms with Gasteiger partial charge in [-0.25, -0.2) is 28.6 Å². The predicted molar refractivity (Wildman–Crippen MR) is 117 cm³/mol. The number of phosphoric ester groups is 1. The molecule has 1 aliphatic heterocycles.